The van der Waals surface area contributed by atoms with Crippen LogP contribution in [0, 0.1) is 11.2 Å². The average Bonchev–Trinajstić information content (AvgIpc) is 3.41. The average molecular weight is 607 g/mol. The first-order valence-corrected chi connectivity index (χ1v) is 15.7. The molecule has 6 rings (SSSR count). The molecule has 2 aromatic carbocycles. The number of phenols is 1. The molecule has 0 bridgehead atoms. The van der Waals surface area contributed by atoms with Gasteiger partial charge in [-0.15, -0.1) is 0 Å². The van der Waals surface area contributed by atoms with Crippen molar-refractivity contribution in [2.24, 2.45) is 5.41 Å². The largest absolute Gasteiger partial charge is 0.506 e. The Labute approximate surface area is 246 Å². The summed E-state index contributed by atoms with van der Waals surface area (Å²) in [6, 6.07) is 9.19. The number of carbonyl (C=O) groups excluding carboxylic acids is 1. The number of allylic oxidation sites excluding steroid dienone is 1. The fourth-order valence-electron chi connectivity index (χ4n) is 5.50. The van der Waals surface area contributed by atoms with Crippen molar-refractivity contribution in [1.82, 2.24) is 9.97 Å². The molecule has 216 valence electrons. The minimum absolute atomic E-state index is 0.0519. The van der Waals surface area contributed by atoms with Gasteiger partial charge in [-0.1, -0.05) is 19.9 Å². The van der Waals surface area contributed by atoms with Crippen LogP contribution in [0.3, 0.4) is 0 Å². The molecule has 2 aromatic heterocycles. The SMILES string of the molecule is CC1(C)CC2=C([C@H](c3ccc(OCc4ccsc4)cc3F)N(C(=O)c3cnccn3)c3cccc(O)c3N2)S(=O)(=O)C1. The van der Waals surface area contributed by atoms with E-state index >= 15 is 4.39 Å². The lowest BCUT2D eigenvalue weighted by atomic mass is 9.88. The van der Waals surface area contributed by atoms with Crippen LogP contribution in [-0.4, -0.2) is 35.2 Å². The Balaban J connectivity index is 1.57. The molecule has 0 saturated carbocycles. The van der Waals surface area contributed by atoms with E-state index in [0.29, 0.717) is 0 Å². The summed E-state index contributed by atoms with van der Waals surface area (Å²) in [6.45, 7) is 3.88. The smallest absolute Gasteiger partial charge is 0.279 e. The number of thiophene rings is 1. The van der Waals surface area contributed by atoms with E-state index in [2.05, 4.69) is 15.3 Å². The van der Waals surface area contributed by atoms with Crippen molar-refractivity contribution in [3.63, 3.8) is 0 Å². The maximum atomic E-state index is 16.2. The number of halogens is 1. The van der Waals surface area contributed by atoms with E-state index in [1.807, 2.05) is 30.7 Å². The molecule has 1 amide bonds. The third-order valence-corrected chi connectivity index (χ3v) is 10.2. The molecule has 2 aliphatic rings. The Kier molecular flexibility index (Phi) is 6.98. The van der Waals surface area contributed by atoms with Gasteiger partial charge >= 0.3 is 0 Å². The first kappa shape index (κ1) is 27.9. The minimum Gasteiger partial charge on any atom is -0.506 e. The number of benzene rings is 2. The number of phenolic OH excluding ortho intramolecular Hbond substituents is 1. The Bertz CT molecular complexity index is 1810. The van der Waals surface area contributed by atoms with Crippen LogP contribution in [0.2, 0.25) is 0 Å². The molecule has 0 unspecified atom stereocenters. The number of hydrogen-bond acceptors (Lipinski definition) is 9. The molecule has 42 heavy (non-hydrogen) atoms. The molecule has 12 heteroatoms. The quantitative estimate of drug-likeness (QED) is 0.272. The topological polar surface area (TPSA) is 122 Å². The second-order valence-corrected chi connectivity index (χ2v) is 13.7. The minimum atomic E-state index is -4.05. The van der Waals surface area contributed by atoms with Gasteiger partial charge in [-0.05, 0) is 58.5 Å². The molecule has 2 aliphatic heterocycles. The lowest BCUT2D eigenvalue weighted by Crippen LogP contribution is -2.41. The lowest BCUT2D eigenvalue weighted by Gasteiger charge is -2.37. The predicted octanol–water partition coefficient (Wildman–Crippen LogP) is 5.83. The summed E-state index contributed by atoms with van der Waals surface area (Å²) in [5.74, 6) is -1.63. The van der Waals surface area contributed by atoms with Gasteiger partial charge in [-0.2, -0.15) is 11.3 Å². The summed E-state index contributed by atoms with van der Waals surface area (Å²) in [4.78, 5) is 23.4. The van der Waals surface area contributed by atoms with Crippen molar-refractivity contribution >= 4 is 38.5 Å². The molecule has 4 heterocycles. The highest BCUT2D eigenvalue weighted by atomic mass is 32.2. The zero-order valence-electron chi connectivity index (χ0n) is 22.7. The normalized spacial score (nSPS) is 18.8. The molecule has 4 aromatic rings. The van der Waals surface area contributed by atoms with E-state index in [4.69, 9.17) is 4.74 Å². The Morgan fingerprint density at radius 1 is 1.24 bits per heavy atom. The Morgan fingerprint density at radius 3 is 2.79 bits per heavy atom. The van der Waals surface area contributed by atoms with Gasteiger partial charge < -0.3 is 15.2 Å². The third-order valence-electron chi connectivity index (χ3n) is 7.18. The van der Waals surface area contributed by atoms with E-state index < -0.39 is 33.0 Å². The van der Waals surface area contributed by atoms with Crippen LogP contribution in [0.5, 0.6) is 11.5 Å². The maximum absolute atomic E-state index is 16.2. The van der Waals surface area contributed by atoms with Gasteiger partial charge in [0.05, 0.1) is 22.5 Å². The predicted molar refractivity (Wildman–Crippen MR) is 158 cm³/mol. The fourth-order valence-corrected chi connectivity index (χ4v) is 8.51. The number of ether oxygens (including phenoxy) is 1. The van der Waals surface area contributed by atoms with Crippen molar-refractivity contribution in [1.29, 1.82) is 0 Å². The summed E-state index contributed by atoms with van der Waals surface area (Å²) >= 11 is 1.52. The maximum Gasteiger partial charge on any atom is 0.279 e. The molecular weight excluding hydrogens is 579 g/mol. The van der Waals surface area contributed by atoms with Crippen LogP contribution >= 0.6 is 11.3 Å². The van der Waals surface area contributed by atoms with E-state index in [1.165, 1.54) is 59.1 Å². The summed E-state index contributed by atoms with van der Waals surface area (Å²) in [6.07, 6.45) is 4.28. The molecule has 2 N–H and O–H groups in total. The van der Waals surface area contributed by atoms with E-state index in [-0.39, 0.29) is 63.5 Å². The number of nitrogens with one attached hydrogen (secondary N) is 1. The van der Waals surface area contributed by atoms with Gasteiger partial charge in [0.2, 0.25) is 0 Å². The number of rotatable bonds is 5. The van der Waals surface area contributed by atoms with Gasteiger partial charge in [0.25, 0.3) is 5.91 Å². The number of aromatic hydroxyl groups is 1. The molecule has 0 spiro atoms. The van der Waals surface area contributed by atoms with Crippen LogP contribution in [0.1, 0.15) is 47.9 Å². The van der Waals surface area contributed by atoms with E-state index in [1.54, 1.807) is 12.1 Å². The molecule has 1 atom stereocenters. The molecule has 0 radical (unpaired) electrons. The van der Waals surface area contributed by atoms with Crippen molar-refractivity contribution in [3.8, 4) is 11.5 Å². The van der Waals surface area contributed by atoms with Gasteiger partial charge in [-0.3, -0.25) is 14.7 Å². The number of para-hydroxylation sites is 1. The number of amides is 1. The van der Waals surface area contributed by atoms with Crippen LogP contribution in [0.4, 0.5) is 15.8 Å². The number of nitrogens with zero attached hydrogens (tertiary/aromatic N) is 3. The van der Waals surface area contributed by atoms with Crippen molar-refractivity contribution in [3.05, 3.63) is 105 Å². The Morgan fingerprint density at radius 2 is 2.07 bits per heavy atom. The molecule has 9 nitrogen and oxygen atoms in total. The summed E-state index contributed by atoms with van der Waals surface area (Å²) in [7, 11) is -4.05. The second kappa shape index (κ2) is 10.5. The lowest BCUT2D eigenvalue weighted by molar-refractivity contribution is 0.0975. The fraction of sp³-hybridized carbons (Fsp3) is 0.233. The van der Waals surface area contributed by atoms with Gasteiger partial charge in [0, 0.05) is 29.7 Å². The molecule has 0 saturated heterocycles. The summed E-state index contributed by atoms with van der Waals surface area (Å²) in [5.41, 5.74) is 0.716. The molecule has 0 fully saturated rings. The van der Waals surface area contributed by atoms with Crippen LogP contribution in [0.25, 0.3) is 0 Å². The number of hydrogen-bond donors (Lipinski definition) is 2. The van der Waals surface area contributed by atoms with Crippen molar-refractivity contribution in [2.45, 2.75) is 32.9 Å². The Hall–Kier alpha value is -4.29. The number of sulfone groups is 1. The zero-order valence-corrected chi connectivity index (χ0v) is 24.4. The molecular formula is C30H27FN4O5S2. The van der Waals surface area contributed by atoms with Gasteiger partial charge in [0.1, 0.15) is 41.3 Å². The van der Waals surface area contributed by atoms with Crippen LogP contribution in [-0.2, 0) is 16.4 Å². The standard InChI is InChI=1S/C30H27FN4O5S2/c1-30(2)13-22-28(42(38,39)17-30)27(20-7-6-19(12-21(20)31)40-15-18-8-11-41-16-18)35(29(37)23-14-32-9-10-33-23)24-4-3-5-25(36)26(24)34-22/h3-12,14,16,27,34,36H,13,15,17H2,1-2H3/t27-/m0/s1. The number of fused-ring (bicyclic) bond motifs is 1. The van der Waals surface area contributed by atoms with Crippen LogP contribution < -0.4 is 15.0 Å². The first-order valence-electron chi connectivity index (χ1n) is 13.1. The molecule has 0 aliphatic carbocycles. The third kappa shape index (κ3) is 5.12. The van der Waals surface area contributed by atoms with Crippen molar-refractivity contribution < 1.29 is 27.4 Å². The van der Waals surface area contributed by atoms with Gasteiger partial charge in [-0.25, -0.2) is 17.8 Å². The van der Waals surface area contributed by atoms with E-state index in [9.17, 15) is 18.3 Å². The highest BCUT2D eigenvalue weighted by Crippen LogP contribution is 2.52. The van der Waals surface area contributed by atoms with Gasteiger partial charge in [0.15, 0.2) is 9.84 Å². The van der Waals surface area contributed by atoms with Crippen LogP contribution in [0.15, 0.2) is 82.4 Å². The number of carbonyl (C=O) groups is 1. The number of anilines is 2. The monoisotopic (exact) mass is 606 g/mol. The highest BCUT2D eigenvalue weighted by molar-refractivity contribution is 7.95. The highest BCUT2D eigenvalue weighted by Gasteiger charge is 2.48. The van der Waals surface area contributed by atoms with E-state index in [0.717, 1.165) is 5.56 Å². The number of aromatic nitrogens is 2. The van der Waals surface area contributed by atoms with Crippen molar-refractivity contribution in [2.75, 3.05) is 16.0 Å². The first-order chi connectivity index (χ1) is 20.0. The summed E-state index contributed by atoms with van der Waals surface area (Å²) in [5, 5.41) is 17.9. The zero-order chi connectivity index (χ0) is 29.6. The second-order valence-electron chi connectivity index (χ2n) is 11.0. The summed E-state index contributed by atoms with van der Waals surface area (Å²) < 4.78 is 50.0.